The van der Waals surface area contributed by atoms with Gasteiger partial charge in [-0.3, -0.25) is 4.79 Å². The molecule has 1 amide bonds. The van der Waals surface area contributed by atoms with Crippen LogP contribution in [0.4, 0.5) is 0 Å². The lowest BCUT2D eigenvalue weighted by Crippen LogP contribution is -2.50. The Morgan fingerprint density at radius 2 is 1.47 bits per heavy atom. The maximum atomic E-state index is 13.6. The number of likely N-dealkylation sites (tertiary alicyclic amines) is 1. The quantitative estimate of drug-likeness (QED) is 0.165. The first-order valence-electron chi connectivity index (χ1n) is 19.1. The molecule has 3 aliphatic rings. The molecule has 0 bridgehead atoms. The second kappa shape index (κ2) is 17.4. The summed E-state index contributed by atoms with van der Waals surface area (Å²) in [5.74, 6) is -0.824. The highest BCUT2D eigenvalue weighted by Crippen LogP contribution is 2.42. The Balaban J connectivity index is 1.03. The van der Waals surface area contributed by atoms with E-state index in [-0.39, 0.29) is 42.6 Å². The van der Waals surface area contributed by atoms with E-state index >= 15 is 0 Å². The molecule has 4 aromatic carbocycles. The summed E-state index contributed by atoms with van der Waals surface area (Å²) in [6.45, 7) is 7.97. The normalized spacial score (nSPS) is 23.4. The summed E-state index contributed by atoms with van der Waals surface area (Å²) in [5.41, 5.74) is 5.33. The molecule has 4 aromatic rings. The fourth-order valence-corrected chi connectivity index (χ4v) is 8.76. The van der Waals surface area contributed by atoms with Crippen molar-refractivity contribution in [1.29, 1.82) is 0 Å². The van der Waals surface area contributed by atoms with Gasteiger partial charge in [-0.1, -0.05) is 103 Å². The Hall–Kier alpha value is -3.98. The van der Waals surface area contributed by atoms with Crippen LogP contribution >= 0.6 is 0 Å². The van der Waals surface area contributed by atoms with E-state index in [9.17, 15) is 18.3 Å². The zero-order valence-corrected chi connectivity index (χ0v) is 32.2. The molecule has 0 aromatic heterocycles. The molecule has 0 aliphatic carbocycles. The van der Waals surface area contributed by atoms with Crippen LogP contribution in [0.2, 0.25) is 0 Å². The number of nitrogens with zero attached hydrogens (tertiary/aromatic N) is 1. The van der Waals surface area contributed by atoms with Crippen molar-refractivity contribution in [3.8, 4) is 0 Å². The van der Waals surface area contributed by atoms with Crippen LogP contribution in [0.3, 0.4) is 0 Å². The molecule has 0 radical (unpaired) electrons. The number of sulfonamides is 1. The number of hydrogen-bond donors (Lipinski definition) is 3. The van der Waals surface area contributed by atoms with Crippen LogP contribution in [0.15, 0.2) is 108 Å². The van der Waals surface area contributed by atoms with E-state index in [0.717, 1.165) is 65.9 Å². The summed E-state index contributed by atoms with van der Waals surface area (Å²) < 4.78 is 54.6. The van der Waals surface area contributed by atoms with Gasteiger partial charge in [-0.05, 0) is 47.7 Å². The van der Waals surface area contributed by atoms with Crippen LogP contribution in [0.1, 0.15) is 65.5 Å². The topological polar surface area (TPSA) is 136 Å². The molecule has 3 N–H and O–H groups in total. The predicted octanol–water partition coefficient (Wildman–Crippen LogP) is 5.32. The van der Waals surface area contributed by atoms with Gasteiger partial charge >= 0.3 is 0 Å². The first-order chi connectivity index (χ1) is 26.6. The number of hydrogen-bond acceptors (Lipinski definition) is 9. The number of aliphatic hydroxyl groups excluding tert-OH is 1. The summed E-state index contributed by atoms with van der Waals surface area (Å²) in [5, 5.41) is 12.6. The molecule has 55 heavy (non-hydrogen) atoms. The molecule has 5 atom stereocenters. The van der Waals surface area contributed by atoms with Crippen molar-refractivity contribution < 1.29 is 37.3 Å². The number of piperidine rings is 1. The second-order valence-corrected chi connectivity index (χ2v) is 16.6. The molecule has 3 heterocycles. The van der Waals surface area contributed by atoms with Gasteiger partial charge in [0.05, 0.1) is 36.9 Å². The summed E-state index contributed by atoms with van der Waals surface area (Å²) >= 11 is 0. The van der Waals surface area contributed by atoms with Gasteiger partial charge in [-0.15, -0.1) is 0 Å². The van der Waals surface area contributed by atoms with Crippen molar-refractivity contribution in [2.24, 2.45) is 5.92 Å². The third-order valence-corrected chi connectivity index (χ3v) is 12.4. The largest absolute Gasteiger partial charge is 0.392 e. The molecule has 0 unspecified atom stereocenters. The van der Waals surface area contributed by atoms with Crippen molar-refractivity contribution in [3.63, 3.8) is 0 Å². The molecule has 12 heteroatoms. The van der Waals surface area contributed by atoms with Crippen molar-refractivity contribution in [2.75, 3.05) is 32.8 Å². The molecule has 11 nitrogen and oxygen atoms in total. The summed E-state index contributed by atoms with van der Waals surface area (Å²) in [7, 11) is -3.96. The number of nitrogens with one attached hydrogen (secondary N) is 2. The molecule has 1 spiro atoms. The van der Waals surface area contributed by atoms with Gasteiger partial charge in [0.1, 0.15) is 6.04 Å². The van der Waals surface area contributed by atoms with Crippen molar-refractivity contribution in [3.05, 3.63) is 137 Å². The van der Waals surface area contributed by atoms with E-state index in [0.29, 0.717) is 13.2 Å². The fourth-order valence-electron chi connectivity index (χ4n) is 7.56. The van der Waals surface area contributed by atoms with Crippen LogP contribution in [-0.4, -0.2) is 75.1 Å². The standard InChI is InChI=1S/C43H51N3O8S/c1-30-8-18-37(19-9-30)55(49,50)45-38(26-32-6-4-3-5-7-32)41(48)44-27-33-10-16-36(17-11-33)42-53-39(28-46-22-20-43(21-23-46)51-24-25-52-43)31(2)40(54-42)35-14-12-34(29-47)13-15-35/h3-19,31,38-40,42,45,47H,20-29H2,1-2H3,(H,44,48)/t31-,38-,39+,40+,42+/m1/s1. The zero-order valence-electron chi connectivity index (χ0n) is 31.4. The minimum Gasteiger partial charge on any atom is -0.392 e. The molecule has 3 aliphatic heterocycles. The predicted molar refractivity (Wildman–Crippen MR) is 207 cm³/mol. The van der Waals surface area contributed by atoms with Gasteiger partial charge in [-0.25, -0.2) is 8.42 Å². The van der Waals surface area contributed by atoms with E-state index in [4.69, 9.17) is 18.9 Å². The Morgan fingerprint density at radius 3 is 2.13 bits per heavy atom. The molecule has 3 fully saturated rings. The van der Waals surface area contributed by atoms with Crippen LogP contribution in [0.25, 0.3) is 0 Å². The Kier molecular flexibility index (Phi) is 12.4. The first-order valence-corrected chi connectivity index (χ1v) is 20.6. The minimum atomic E-state index is -3.96. The smallest absolute Gasteiger partial charge is 0.241 e. The van der Waals surface area contributed by atoms with Gasteiger partial charge in [0, 0.05) is 50.5 Å². The summed E-state index contributed by atoms with van der Waals surface area (Å²) in [4.78, 5) is 16.1. The van der Waals surface area contributed by atoms with Crippen molar-refractivity contribution in [2.45, 2.75) is 81.5 Å². The van der Waals surface area contributed by atoms with Crippen LogP contribution in [0, 0.1) is 12.8 Å². The lowest BCUT2D eigenvalue weighted by Gasteiger charge is -2.44. The first kappa shape index (κ1) is 39.3. The van der Waals surface area contributed by atoms with Crippen LogP contribution in [0.5, 0.6) is 0 Å². The van der Waals surface area contributed by atoms with E-state index in [1.165, 1.54) is 12.1 Å². The zero-order chi connectivity index (χ0) is 38.4. The third-order valence-electron chi connectivity index (χ3n) is 10.9. The third kappa shape index (κ3) is 9.70. The lowest BCUT2D eigenvalue weighted by molar-refractivity contribution is -0.278. The minimum absolute atomic E-state index is 0.0247. The van der Waals surface area contributed by atoms with Gasteiger partial charge in [0.15, 0.2) is 12.1 Å². The number of carbonyl (C=O) groups excluding carboxylic acids is 1. The fraction of sp³-hybridized carbons (Fsp3) is 0.419. The maximum absolute atomic E-state index is 13.6. The second-order valence-electron chi connectivity index (χ2n) is 14.9. The molecule has 7 rings (SSSR count). The lowest BCUT2D eigenvalue weighted by atomic mass is 9.89. The van der Waals surface area contributed by atoms with E-state index in [1.807, 2.05) is 85.8 Å². The Labute approximate surface area is 324 Å². The monoisotopic (exact) mass is 769 g/mol. The number of carbonyl (C=O) groups is 1. The number of benzene rings is 4. The van der Waals surface area contributed by atoms with Crippen LogP contribution in [-0.2, 0) is 53.3 Å². The van der Waals surface area contributed by atoms with Crippen LogP contribution < -0.4 is 10.0 Å². The van der Waals surface area contributed by atoms with Crippen molar-refractivity contribution in [1.82, 2.24) is 14.9 Å². The average molecular weight is 770 g/mol. The van der Waals surface area contributed by atoms with E-state index in [2.05, 4.69) is 21.9 Å². The van der Waals surface area contributed by atoms with E-state index in [1.54, 1.807) is 12.1 Å². The maximum Gasteiger partial charge on any atom is 0.241 e. The van der Waals surface area contributed by atoms with Crippen molar-refractivity contribution >= 4 is 15.9 Å². The average Bonchev–Trinajstić information content (AvgIpc) is 3.67. The van der Waals surface area contributed by atoms with Gasteiger partial charge in [-0.2, -0.15) is 4.72 Å². The Bertz CT molecular complexity index is 1960. The van der Waals surface area contributed by atoms with E-state index < -0.39 is 34.0 Å². The molecular formula is C43H51N3O8S. The highest BCUT2D eigenvalue weighted by molar-refractivity contribution is 7.89. The summed E-state index contributed by atoms with van der Waals surface area (Å²) in [6.07, 6.45) is 0.851. The molecular weight excluding hydrogens is 719 g/mol. The molecule has 3 saturated heterocycles. The molecule has 292 valence electrons. The molecule has 0 saturated carbocycles. The number of aliphatic hydroxyl groups is 1. The number of aryl methyl sites for hydroxylation is 1. The van der Waals surface area contributed by atoms with Gasteiger partial charge in [0.2, 0.25) is 15.9 Å². The SMILES string of the molecule is Cc1ccc(S(=O)(=O)N[C@H](Cc2ccccc2)C(=O)NCc2ccc([C@H]3O[C@@H](CN4CCC5(CC4)OCCO5)[C@@H](C)[C@@H](c4ccc(CO)cc4)O3)cc2)cc1. The Morgan fingerprint density at radius 1 is 0.836 bits per heavy atom. The van der Waals surface area contributed by atoms with Gasteiger partial charge in [0.25, 0.3) is 0 Å². The number of rotatable bonds is 13. The highest BCUT2D eigenvalue weighted by atomic mass is 32.2. The number of ether oxygens (including phenoxy) is 4. The number of amides is 1. The highest BCUT2D eigenvalue weighted by Gasteiger charge is 2.43. The van der Waals surface area contributed by atoms with Gasteiger partial charge < -0.3 is 34.3 Å². The summed E-state index contributed by atoms with van der Waals surface area (Å²) in [6, 6.07) is 30.5.